The summed E-state index contributed by atoms with van der Waals surface area (Å²) >= 11 is 3.51. The van der Waals surface area contributed by atoms with Gasteiger partial charge in [0.15, 0.2) is 0 Å². The molecule has 0 radical (unpaired) electrons. The number of benzene rings is 1. The van der Waals surface area contributed by atoms with E-state index in [1.807, 2.05) is 0 Å². The van der Waals surface area contributed by atoms with Crippen LogP contribution in [0.2, 0.25) is 0 Å². The van der Waals surface area contributed by atoms with Crippen molar-refractivity contribution in [3.63, 3.8) is 0 Å². The molecule has 1 N–H and O–H groups in total. The summed E-state index contributed by atoms with van der Waals surface area (Å²) in [5.74, 6) is 0.753. The molecule has 2 atom stereocenters. The van der Waals surface area contributed by atoms with Gasteiger partial charge in [0.05, 0.1) is 0 Å². The Balaban J connectivity index is 2.01. The number of halogens is 1. The summed E-state index contributed by atoms with van der Waals surface area (Å²) in [4.78, 5) is 2.46. The summed E-state index contributed by atoms with van der Waals surface area (Å²) in [6, 6.07) is 9.19. The van der Waals surface area contributed by atoms with Crippen molar-refractivity contribution < 1.29 is 0 Å². The molecular formula is C17H27BrN2. The molecule has 0 aliphatic carbocycles. The maximum absolute atomic E-state index is 3.84. The largest absolute Gasteiger partial charge is 0.306 e. The van der Waals surface area contributed by atoms with Gasteiger partial charge >= 0.3 is 0 Å². The van der Waals surface area contributed by atoms with E-state index in [4.69, 9.17) is 0 Å². The summed E-state index contributed by atoms with van der Waals surface area (Å²) in [5.41, 5.74) is 1.35. The van der Waals surface area contributed by atoms with Crippen LogP contribution in [0.15, 0.2) is 28.7 Å². The second-order valence-corrected chi connectivity index (χ2v) is 7.65. The highest BCUT2D eigenvalue weighted by Crippen LogP contribution is 2.26. The molecule has 1 fully saturated rings. The quantitative estimate of drug-likeness (QED) is 0.892. The van der Waals surface area contributed by atoms with Crippen LogP contribution in [-0.2, 0) is 5.54 Å². The fourth-order valence-corrected chi connectivity index (χ4v) is 3.52. The third kappa shape index (κ3) is 4.06. The van der Waals surface area contributed by atoms with Gasteiger partial charge in [-0.15, -0.1) is 0 Å². The van der Waals surface area contributed by atoms with Crippen molar-refractivity contribution in [3.8, 4) is 0 Å². The summed E-state index contributed by atoms with van der Waals surface area (Å²) < 4.78 is 1.14. The van der Waals surface area contributed by atoms with Gasteiger partial charge in [-0.1, -0.05) is 28.1 Å². The number of nitrogens with zero attached hydrogens (tertiary/aromatic N) is 1. The number of nitrogens with one attached hydrogen (secondary N) is 1. The highest BCUT2D eigenvalue weighted by Gasteiger charge is 2.28. The summed E-state index contributed by atoms with van der Waals surface area (Å²) in [6.07, 6.45) is 2.67. The van der Waals surface area contributed by atoms with Crippen molar-refractivity contribution in [1.82, 2.24) is 10.2 Å². The van der Waals surface area contributed by atoms with Gasteiger partial charge in [0, 0.05) is 22.6 Å². The summed E-state index contributed by atoms with van der Waals surface area (Å²) in [5, 5.41) is 3.84. The molecule has 0 amide bonds. The second kappa shape index (κ2) is 6.59. The molecule has 1 heterocycles. The number of hydrogen-bond acceptors (Lipinski definition) is 2. The lowest BCUT2D eigenvalue weighted by molar-refractivity contribution is 0.162. The molecule has 112 valence electrons. The van der Waals surface area contributed by atoms with Crippen molar-refractivity contribution in [2.24, 2.45) is 5.92 Å². The fraction of sp³-hybridized carbons (Fsp3) is 0.647. The smallest absolute Gasteiger partial charge is 0.0379 e. The lowest BCUT2D eigenvalue weighted by Gasteiger charge is -2.38. The number of piperidine rings is 1. The molecule has 0 bridgehead atoms. The zero-order valence-corrected chi connectivity index (χ0v) is 14.7. The normalized spacial score (nSPS) is 22.8. The SMILES string of the molecule is CC(NC(C)(C)c1ccc(Br)cc1)C1CCCN(C)C1. The Labute approximate surface area is 132 Å². The molecule has 0 saturated carbocycles. The predicted molar refractivity (Wildman–Crippen MR) is 90.0 cm³/mol. The number of rotatable bonds is 4. The van der Waals surface area contributed by atoms with E-state index in [1.54, 1.807) is 0 Å². The topological polar surface area (TPSA) is 15.3 Å². The van der Waals surface area contributed by atoms with Crippen LogP contribution in [0.1, 0.15) is 39.2 Å². The average Bonchev–Trinajstić information content (AvgIpc) is 2.38. The molecule has 2 unspecified atom stereocenters. The summed E-state index contributed by atoms with van der Waals surface area (Å²) in [7, 11) is 2.23. The van der Waals surface area contributed by atoms with E-state index in [0.717, 1.165) is 10.4 Å². The molecule has 1 aliphatic rings. The summed E-state index contributed by atoms with van der Waals surface area (Å²) in [6.45, 7) is 9.35. The molecular weight excluding hydrogens is 312 g/mol. The van der Waals surface area contributed by atoms with Crippen LogP contribution in [0.4, 0.5) is 0 Å². The third-order valence-corrected chi connectivity index (χ3v) is 5.05. The monoisotopic (exact) mass is 338 g/mol. The van der Waals surface area contributed by atoms with Gasteiger partial charge in [-0.25, -0.2) is 0 Å². The Kier molecular flexibility index (Phi) is 5.27. The molecule has 3 heteroatoms. The first-order chi connectivity index (χ1) is 9.38. The van der Waals surface area contributed by atoms with Gasteiger partial charge in [0.25, 0.3) is 0 Å². The standard InChI is InChI=1S/C17H27BrN2/c1-13(14-6-5-11-20(4)12-14)19-17(2,3)15-7-9-16(18)10-8-15/h7-10,13-14,19H,5-6,11-12H2,1-4H3. The molecule has 1 aromatic rings. The minimum Gasteiger partial charge on any atom is -0.306 e. The van der Waals surface area contributed by atoms with Gasteiger partial charge in [-0.3, -0.25) is 0 Å². The number of likely N-dealkylation sites (tertiary alicyclic amines) is 1. The van der Waals surface area contributed by atoms with E-state index >= 15 is 0 Å². The average molecular weight is 339 g/mol. The zero-order valence-electron chi connectivity index (χ0n) is 13.1. The fourth-order valence-electron chi connectivity index (χ4n) is 3.25. The Hall–Kier alpha value is -0.380. The second-order valence-electron chi connectivity index (χ2n) is 6.73. The predicted octanol–water partition coefficient (Wildman–Crippen LogP) is 4.00. The van der Waals surface area contributed by atoms with Crippen LogP contribution in [0, 0.1) is 5.92 Å². The molecule has 1 aromatic carbocycles. The van der Waals surface area contributed by atoms with Crippen LogP contribution < -0.4 is 5.32 Å². The van der Waals surface area contributed by atoms with Crippen molar-refractivity contribution in [2.75, 3.05) is 20.1 Å². The molecule has 1 saturated heterocycles. The molecule has 1 aliphatic heterocycles. The molecule has 2 nitrogen and oxygen atoms in total. The van der Waals surface area contributed by atoms with Crippen LogP contribution in [0.5, 0.6) is 0 Å². The first-order valence-electron chi connectivity index (χ1n) is 7.61. The Bertz CT molecular complexity index is 427. The highest BCUT2D eigenvalue weighted by molar-refractivity contribution is 9.10. The lowest BCUT2D eigenvalue weighted by Crippen LogP contribution is -2.49. The van der Waals surface area contributed by atoms with Crippen molar-refractivity contribution in [3.05, 3.63) is 34.3 Å². The molecule has 0 aromatic heterocycles. The van der Waals surface area contributed by atoms with Gasteiger partial charge in [0.2, 0.25) is 0 Å². The van der Waals surface area contributed by atoms with E-state index in [9.17, 15) is 0 Å². The Morgan fingerprint density at radius 1 is 1.30 bits per heavy atom. The maximum Gasteiger partial charge on any atom is 0.0379 e. The first kappa shape index (κ1) is 16.0. The minimum absolute atomic E-state index is 0.0101. The Morgan fingerprint density at radius 2 is 1.95 bits per heavy atom. The van der Waals surface area contributed by atoms with Gasteiger partial charge in [0.1, 0.15) is 0 Å². The molecule has 0 spiro atoms. The maximum atomic E-state index is 3.84. The van der Waals surface area contributed by atoms with Gasteiger partial charge in [-0.05, 0) is 70.8 Å². The minimum atomic E-state index is 0.0101. The first-order valence-corrected chi connectivity index (χ1v) is 8.40. The van der Waals surface area contributed by atoms with E-state index in [2.05, 4.69) is 78.2 Å². The van der Waals surface area contributed by atoms with Crippen molar-refractivity contribution in [1.29, 1.82) is 0 Å². The lowest BCUT2D eigenvalue weighted by atomic mass is 9.87. The van der Waals surface area contributed by atoms with Gasteiger partial charge < -0.3 is 10.2 Å². The van der Waals surface area contributed by atoms with E-state index in [1.165, 1.54) is 31.5 Å². The van der Waals surface area contributed by atoms with Gasteiger partial charge in [-0.2, -0.15) is 0 Å². The van der Waals surface area contributed by atoms with Crippen molar-refractivity contribution in [2.45, 2.75) is 45.2 Å². The third-order valence-electron chi connectivity index (χ3n) is 4.52. The van der Waals surface area contributed by atoms with E-state index < -0.39 is 0 Å². The molecule has 20 heavy (non-hydrogen) atoms. The Morgan fingerprint density at radius 3 is 2.55 bits per heavy atom. The van der Waals surface area contributed by atoms with Crippen LogP contribution in [0.25, 0.3) is 0 Å². The highest BCUT2D eigenvalue weighted by atomic mass is 79.9. The van der Waals surface area contributed by atoms with E-state index in [0.29, 0.717) is 6.04 Å². The van der Waals surface area contributed by atoms with Crippen LogP contribution in [0.3, 0.4) is 0 Å². The van der Waals surface area contributed by atoms with E-state index in [-0.39, 0.29) is 5.54 Å². The zero-order chi connectivity index (χ0) is 14.8. The van der Waals surface area contributed by atoms with Crippen LogP contribution in [-0.4, -0.2) is 31.1 Å². The van der Waals surface area contributed by atoms with Crippen LogP contribution >= 0.6 is 15.9 Å². The molecule has 2 rings (SSSR count). The van der Waals surface area contributed by atoms with Crippen molar-refractivity contribution >= 4 is 15.9 Å². The number of hydrogen-bond donors (Lipinski definition) is 1.